The van der Waals surface area contributed by atoms with E-state index < -0.39 is 0 Å². The molecule has 1 aromatic heterocycles. The van der Waals surface area contributed by atoms with Crippen molar-refractivity contribution in [3.05, 3.63) is 69.6 Å². The zero-order valence-electron chi connectivity index (χ0n) is 24.0. The van der Waals surface area contributed by atoms with Crippen LogP contribution in [0.4, 0.5) is 16.2 Å². The summed E-state index contributed by atoms with van der Waals surface area (Å²) in [5.41, 5.74) is 5.74. The maximum Gasteiger partial charge on any atom is 0.323 e. The number of carbonyl (C=O) groups is 1. The van der Waals surface area contributed by atoms with Crippen LogP contribution in [0.3, 0.4) is 0 Å². The van der Waals surface area contributed by atoms with Gasteiger partial charge in [0.25, 0.3) is 0 Å². The number of anilines is 2. The molecule has 5 nitrogen and oxygen atoms in total. The zero-order chi connectivity index (χ0) is 27.7. The molecule has 3 rings (SSSR count). The molecule has 2 aromatic carbocycles. The third kappa shape index (κ3) is 12.6. The lowest BCUT2D eigenvalue weighted by Crippen LogP contribution is -3.00. The van der Waals surface area contributed by atoms with Crippen molar-refractivity contribution >= 4 is 40.3 Å². The highest BCUT2D eigenvalue weighted by molar-refractivity contribution is 7.07. The van der Waals surface area contributed by atoms with Crippen LogP contribution in [0.1, 0.15) is 95.2 Å². The van der Waals surface area contributed by atoms with E-state index in [4.69, 9.17) is 16.3 Å². The average molecular weight is 651 g/mol. The minimum Gasteiger partial charge on any atom is -1.00 e. The summed E-state index contributed by atoms with van der Waals surface area (Å²) in [5, 5.41) is 8.46. The minimum absolute atomic E-state index is 0. The number of ether oxygens (including phenoxy) is 1. The van der Waals surface area contributed by atoms with Gasteiger partial charge in [0.05, 0.1) is 22.7 Å². The van der Waals surface area contributed by atoms with Crippen molar-refractivity contribution in [1.29, 1.82) is 0 Å². The lowest BCUT2D eigenvalue weighted by molar-refractivity contribution is -0.689. The molecule has 220 valence electrons. The summed E-state index contributed by atoms with van der Waals surface area (Å²) >= 11 is 8.11. The second-order valence-electron chi connectivity index (χ2n) is 10.3. The first-order valence-electron chi connectivity index (χ1n) is 14.6. The molecule has 0 bridgehead atoms. The number of aromatic nitrogens is 1. The van der Waals surface area contributed by atoms with Gasteiger partial charge >= 0.3 is 6.03 Å². The van der Waals surface area contributed by atoms with E-state index in [1.54, 1.807) is 17.4 Å². The van der Waals surface area contributed by atoms with Gasteiger partial charge in [-0.1, -0.05) is 119 Å². The van der Waals surface area contributed by atoms with E-state index in [0.717, 1.165) is 30.6 Å². The predicted molar refractivity (Wildman–Crippen MR) is 165 cm³/mol. The molecule has 0 spiro atoms. The summed E-state index contributed by atoms with van der Waals surface area (Å²) in [5.74, 6) is 0.524. The average Bonchev–Trinajstić information content (AvgIpc) is 3.32. The monoisotopic (exact) mass is 649 g/mol. The summed E-state index contributed by atoms with van der Waals surface area (Å²) in [7, 11) is 0. The number of aryl methyl sites for hydroxylation is 1. The van der Waals surface area contributed by atoms with Gasteiger partial charge in [-0.2, -0.15) is 4.57 Å². The lowest BCUT2D eigenvalue weighted by atomic mass is 10.1. The molecule has 0 aliphatic rings. The molecule has 3 aromatic rings. The molecule has 0 aliphatic carbocycles. The number of carbonyl (C=O) groups excluding carboxylic acids is 1. The standard InChI is InChI=1S/C32H44ClN3O2S.BrH/c1-3-4-5-6-7-8-9-10-11-12-13-14-21-38-31-29(33)19-16-20-30(31)35-32(37)34-28-18-15-17-27(22-28)23-36-25-39-24-26(36)2;/h15-20,22,24-25H,3-14,21,23H2,1-2H3,(H-,34,35,37);1H. The van der Waals surface area contributed by atoms with Crippen LogP contribution in [0.2, 0.25) is 5.02 Å². The fraction of sp³-hybridized carbons (Fsp3) is 0.500. The van der Waals surface area contributed by atoms with Gasteiger partial charge in [-0.25, -0.2) is 4.79 Å². The Morgan fingerprint density at radius 3 is 2.20 bits per heavy atom. The molecule has 0 fully saturated rings. The molecular weight excluding hydrogens is 606 g/mol. The van der Waals surface area contributed by atoms with Crippen LogP contribution in [0, 0.1) is 6.92 Å². The van der Waals surface area contributed by atoms with Gasteiger partial charge in [0, 0.05) is 18.2 Å². The van der Waals surface area contributed by atoms with E-state index in [1.165, 1.54) is 69.9 Å². The molecule has 0 unspecified atom stereocenters. The number of benzene rings is 2. The van der Waals surface area contributed by atoms with E-state index in [-0.39, 0.29) is 23.0 Å². The minimum atomic E-state index is -0.330. The van der Waals surface area contributed by atoms with Crippen molar-refractivity contribution in [2.75, 3.05) is 17.2 Å². The first-order chi connectivity index (χ1) is 19.1. The Balaban J connectivity index is 0.00000560. The second-order valence-corrected chi connectivity index (χ2v) is 11.4. The topological polar surface area (TPSA) is 54.2 Å². The molecule has 1 heterocycles. The molecule has 0 saturated heterocycles. The molecular formula is C32H45BrClN3O2S. The largest absolute Gasteiger partial charge is 1.00 e. The SMILES string of the molecule is CCCCCCCCCCCCCCOc1c(Cl)cccc1NC(=O)Nc1cccc(C[n+]2cscc2C)c1.[Br-]. The Hall–Kier alpha value is -2.09. The number of thiazole rings is 1. The van der Waals surface area contributed by atoms with Crippen molar-refractivity contribution in [3.8, 4) is 5.75 Å². The smallest absolute Gasteiger partial charge is 0.323 e. The molecule has 0 atom stereocenters. The van der Waals surface area contributed by atoms with E-state index in [9.17, 15) is 4.79 Å². The lowest BCUT2D eigenvalue weighted by Gasteiger charge is -2.15. The molecule has 0 saturated carbocycles. The number of rotatable bonds is 18. The normalized spacial score (nSPS) is 10.7. The number of amides is 2. The van der Waals surface area contributed by atoms with Crippen molar-refractivity contribution in [2.45, 2.75) is 97.4 Å². The summed E-state index contributed by atoms with van der Waals surface area (Å²) < 4.78 is 8.21. The van der Waals surface area contributed by atoms with Gasteiger partial charge in [-0.3, -0.25) is 0 Å². The van der Waals surface area contributed by atoms with Gasteiger partial charge < -0.3 is 32.4 Å². The highest BCUT2D eigenvalue weighted by atomic mass is 79.9. The summed E-state index contributed by atoms with van der Waals surface area (Å²) in [6.45, 7) is 5.70. The van der Waals surface area contributed by atoms with Gasteiger partial charge in [0.15, 0.2) is 18.0 Å². The molecule has 2 amide bonds. The summed E-state index contributed by atoms with van der Waals surface area (Å²) in [4.78, 5) is 12.8. The maximum atomic E-state index is 12.8. The maximum absolute atomic E-state index is 12.8. The first-order valence-corrected chi connectivity index (χ1v) is 15.9. The van der Waals surface area contributed by atoms with Crippen LogP contribution < -0.4 is 36.9 Å². The molecule has 8 heteroatoms. The van der Waals surface area contributed by atoms with Crippen molar-refractivity contribution < 1.29 is 31.1 Å². The molecule has 0 aliphatic heterocycles. The Morgan fingerprint density at radius 2 is 1.55 bits per heavy atom. The van der Waals surface area contributed by atoms with Crippen molar-refractivity contribution in [2.24, 2.45) is 0 Å². The first kappa shape index (κ1) is 34.1. The van der Waals surface area contributed by atoms with Gasteiger partial charge in [-0.15, -0.1) is 0 Å². The Labute approximate surface area is 260 Å². The van der Waals surface area contributed by atoms with Crippen LogP contribution in [-0.2, 0) is 6.54 Å². The number of nitrogens with one attached hydrogen (secondary N) is 2. The van der Waals surface area contributed by atoms with Gasteiger partial charge in [-0.05, 0) is 30.7 Å². The molecule has 2 N–H and O–H groups in total. The molecule has 40 heavy (non-hydrogen) atoms. The summed E-state index contributed by atoms with van der Waals surface area (Å²) in [6, 6.07) is 13.0. The van der Waals surface area contributed by atoms with Crippen LogP contribution in [0.15, 0.2) is 53.4 Å². The highest BCUT2D eigenvalue weighted by Gasteiger charge is 2.13. The Morgan fingerprint density at radius 1 is 0.900 bits per heavy atom. The van der Waals surface area contributed by atoms with Crippen LogP contribution in [0.25, 0.3) is 0 Å². The highest BCUT2D eigenvalue weighted by Crippen LogP contribution is 2.33. The van der Waals surface area contributed by atoms with Gasteiger partial charge in [0.1, 0.15) is 0 Å². The number of urea groups is 1. The van der Waals surface area contributed by atoms with Gasteiger partial charge in [0.2, 0.25) is 5.51 Å². The molecule has 0 radical (unpaired) electrons. The third-order valence-corrected chi connectivity index (χ3v) is 8.03. The Bertz CT molecular complexity index is 1140. The number of para-hydroxylation sites is 1. The number of hydrogen-bond donors (Lipinski definition) is 2. The van der Waals surface area contributed by atoms with E-state index in [2.05, 4.69) is 46.0 Å². The zero-order valence-corrected chi connectivity index (χ0v) is 27.2. The summed E-state index contributed by atoms with van der Waals surface area (Å²) in [6.07, 6.45) is 15.6. The predicted octanol–water partition coefficient (Wildman–Crippen LogP) is 6.77. The van der Waals surface area contributed by atoms with Crippen molar-refractivity contribution in [1.82, 2.24) is 0 Å². The number of unbranched alkanes of at least 4 members (excludes halogenated alkanes) is 11. The number of hydrogen-bond acceptors (Lipinski definition) is 3. The number of nitrogens with zero attached hydrogens (tertiary/aromatic N) is 1. The van der Waals surface area contributed by atoms with E-state index >= 15 is 0 Å². The fourth-order valence-electron chi connectivity index (χ4n) is 4.62. The fourth-order valence-corrected chi connectivity index (χ4v) is 5.63. The van der Waals surface area contributed by atoms with Crippen LogP contribution >= 0.6 is 22.9 Å². The van der Waals surface area contributed by atoms with E-state index in [0.29, 0.717) is 23.1 Å². The number of halogens is 2. The quantitative estimate of drug-likeness (QED) is 0.118. The van der Waals surface area contributed by atoms with Crippen LogP contribution in [0.5, 0.6) is 5.75 Å². The Kier molecular flexibility index (Phi) is 17.0. The van der Waals surface area contributed by atoms with E-state index in [1.807, 2.05) is 30.3 Å². The van der Waals surface area contributed by atoms with Crippen molar-refractivity contribution in [3.63, 3.8) is 0 Å². The third-order valence-electron chi connectivity index (χ3n) is 6.88. The van der Waals surface area contributed by atoms with Crippen LogP contribution in [-0.4, -0.2) is 12.6 Å². The second kappa shape index (κ2) is 19.9.